The van der Waals surface area contributed by atoms with E-state index in [0.29, 0.717) is 11.3 Å². The van der Waals surface area contributed by atoms with Crippen LogP contribution in [0, 0.1) is 0 Å². The summed E-state index contributed by atoms with van der Waals surface area (Å²) in [7, 11) is 2.01. The summed E-state index contributed by atoms with van der Waals surface area (Å²) >= 11 is 3.36. The molecule has 19 heavy (non-hydrogen) atoms. The first-order chi connectivity index (χ1) is 9.24. The molecule has 3 nitrogen and oxygen atoms in total. The zero-order valence-electron chi connectivity index (χ0n) is 11.5. The molecule has 0 bridgehead atoms. The van der Waals surface area contributed by atoms with E-state index in [1.165, 1.54) is 11.1 Å². The van der Waals surface area contributed by atoms with Gasteiger partial charge in [-0.05, 0) is 24.6 Å². The molecule has 1 aromatic carbocycles. The molecule has 1 aromatic heterocycles. The molecule has 0 aliphatic heterocycles. The van der Waals surface area contributed by atoms with Crippen molar-refractivity contribution in [2.24, 2.45) is 0 Å². The largest absolute Gasteiger partial charge is 0.312 e. The number of benzene rings is 1. The minimum Gasteiger partial charge on any atom is -0.312 e. The van der Waals surface area contributed by atoms with E-state index in [1.54, 1.807) is 28.6 Å². The van der Waals surface area contributed by atoms with Crippen molar-refractivity contribution < 1.29 is 0 Å². The number of nitrogens with zero attached hydrogens (tertiary/aromatic N) is 2. The number of thioether (sulfide) groups is 1. The summed E-state index contributed by atoms with van der Waals surface area (Å²) < 4.78 is 1.03. The second kappa shape index (κ2) is 7.03. The van der Waals surface area contributed by atoms with Crippen LogP contribution in [0.25, 0.3) is 0 Å². The number of aromatic nitrogens is 2. The summed E-state index contributed by atoms with van der Waals surface area (Å²) in [5.41, 5.74) is 4.48. The predicted molar refractivity (Wildman–Crippen MR) is 82.8 cm³/mol. The Morgan fingerprint density at radius 3 is 2.58 bits per heavy atom. The van der Waals surface area contributed by atoms with Gasteiger partial charge in [0.1, 0.15) is 5.51 Å². The van der Waals surface area contributed by atoms with Crippen LogP contribution >= 0.6 is 23.1 Å². The normalized spacial score (nSPS) is 14.3. The number of nitrogens with one attached hydrogen (secondary N) is 1. The smallest absolute Gasteiger partial charge is 0.174 e. The Balaban J connectivity index is 2.09. The highest BCUT2D eigenvalue weighted by Crippen LogP contribution is 2.32. The molecule has 0 spiro atoms. The van der Waals surface area contributed by atoms with Crippen LogP contribution in [0.3, 0.4) is 0 Å². The summed E-state index contributed by atoms with van der Waals surface area (Å²) in [6, 6.07) is 9.18. The molecule has 0 saturated heterocycles. The van der Waals surface area contributed by atoms with E-state index in [0.717, 1.165) is 10.8 Å². The summed E-state index contributed by atoms with van der Waals surface area (Å²) in [5.74, 6) is 0. The molecule has 2 rings (SSSR count). The third-order valence-corrected chi connectivity index (χ3v) is 5.14. The van der Waals surface area contributed by atoms with Crippen molar-refractivity contribution in [2.45, 2.75) is 35.9 Å². The average Bonchev–Trinajstić information content (AvgIpc) is 2.93. The molecule has 2 aromatic rings. The molecule has 2 unspecified atom stereocenters. The highest BCUT2D eigenvalue weighted by atomic mass is 32.2. The van der Waals surface area contributed by atoms with Gasteiger partial charge in [-0.2, -0.15) is 0 Å². The molecule has 0 aliphatic rings. The number of rotatable bonds is 6. The van der Waals surface area contributed by atoms with Gasteiger partial charge in [-0.3, -0.25) is 0 Å². The van der Waals surface area contributed by atoms with E-state index < -0.39 is 0 Å². The number of aryl methyl sites for hydroxylation is 1. The molecule has 5 heteroatoms. The lowest BCUT2D eigenvalue weighted by molar-refractivity contribution is 0.589. The first-order valence-electron chi connectivity index (χ1n) is 6.43. The minimum atomic E-state index is 0.319. The van der Waals surface area contributed by atoms with Crippen LogP contribution in [-0.4, -0.2) is 22.5 Å². The third kappa shape index (κ3) is 3.78. The quantitative estimate of drug-likeness (QED) is 0.827. The van der Waals surface area contributed by atoms with Crippen LogP contribution < -0.4 is 5.32 Å². The van der Waals surface area contributed by atoms with Crippen LogP contribution in [-0.2, 0) is 6.42 Å². The lowest BCUT2D eigenvalue weighted by Crippen LogP contribution is -2.25. The van der Waals surface area contributed by atoms with E-state index in [-0.39, 0.29) is 0 Å². The minimum absolute atomic E-state index is 0.319. The first kappa shape index (κ1) is 14.5. The molecular formula is C14H19N3S2. The van der Waals surface area contributed by atoms with Crippen molar-refractivity contribution in [3.05, 3.63) is 40.9 Å². The predicted octanol–water partition coefficient (Wildman–Crippen LogP) is 3.54. The molecule has 0 fully saturated rings. The Hall–Kier alpha value is -0.910. The maximum atomic E-state index is 4.10. The van der Waals surface area contributed by atoms with Gasteiger partial charge >= 0.3 is 0 Å². The fourth-order valence-corrected chi connectivity index (χ4v) is 4.00. The van der Waals surface area contributed by atoms with Gasteiger partial charge in [0.25, 0.3) is 0 Å². The third-order valence-electron chi connectivity index (χ3n) is 3.15. The molecule has 1 N–H and O–H groups in total. The lowest BCUT2D eigenvalue weighted by atomic mass is 10.0. The Morgan fingerprint density at radius 2 is 2.05 bits per heavy atom. The van der Waals surface area contributed by atoms with Gasteiger partial charge in [-0.25, -0.2) is 0 Å². The van der Waals surface area contributed by atoms with Crippen LogP contribution in [0.15, 0.2) is 34.1 Å². The van der Waals surface area contributed by atoms with Gasteiger partial charge < -0.3 is 5.32 Å². The second-order valence-corrected chi connectivity index (χ2v) is 6.85. The summed E-state index contributed by atoms with van der Waals surface area (Å²) in [6.45, 7) is 4.40. The van der Waals surface area contributed by atoms with Crippen LogP contribution in [0.2, 0.25) is 0 Å². The highest BCUT2D eigenvalue weighted by molar-refractivity contribution is 8.01. The highest BCUT2D eigenvalue weighted by Gasteiger charge is 2.19. The van der Waals surface area contributed by atoms with Crippen molar-refractivity contribution in [1.29, 1.82) is 0 Å². The fourth-order valence-electron chi connectivity index (χ4n) is 2.07. The van der Waals surface area contributed by atoms with Gasteiger partial charge in [-0.15, -0.1) is 10.2 Å². The van der Waals surface area contributed by atoms with Crippen LogP contribution in [0.4, 0.5) is 0 Å². The zero-order valence-corrected chi connectivity index (χ0v) is 13.1. The van der Waals surface area contributed by atoms with Crippen LogP contribution in [0.1, 0.15) is 31.0 Å². The maximum Gasteiger partial charge on any atom is 0.174 e. The number of hydrogen-bond donors (Lipinski definition) is 1. The van der Waals surface area contributed by atoms with Crippen molar-refractivity contribution >= 4 is 23.1 Å². The average molecular weight is 293 g/mol. The Morgan fingerprint density at radius 1 is 1.32 bits per heavy atom. The van der Waals surface area contributed by atoms with E-state index in [1.807, 2.05) is 7.05 Å². The molecular weight excluding hydrogens is 274 g/mol. The Kier molecular flexibility index (Phi) is 5.36. The molecule has 0 amide bonds. The first-order valence-corrected chi connectivity index (χ1v) is 8.19. The van der Waals surface area contributed by atoms with Crippen LogP contribution in [0.5, 0.6) is 0 Å². The monoisotopic (exact) mass is 293 g/mol. The van der Waals surface area contributed by atoms with Gasteiger partial charge in [0, 0.05) is 11.3 Å². The van der Waals surface area contributed by atoms with Gasteiger partial charge in [0.15, 0.2) is 4.34 Å². The van der Waals surface area contributed by atoms with E-state index in [4.69, 9.17) is 0 Å². The van der Waals surface area contributed by atoms with E-state index in [2.05, 4.69) is 53.6 Å². The standard InChI is InChI=1S/C14H19N3S2/c1-4-11-5-7-12(8-6-11)13(15-3)10(2)19-14-17-16-9-18-14/h5-10,13,15H,4H2,1-3H3. The van der Waals surface area contributed by atoms with Crippen molar-refractivity contribution in [3.63, 3.8) is 0 Å². The summed E-state index contributed by atoms with van der Waals surface area (Å²) in [6.07, 6.45) is 1.08. The maximum absolute atomic E-state index is 4.10. The van der Waals surface area contributed by atoms with Crippen molar-refractivity contribution in [1.82, 2.24) is 15.5 Å². The number of hydrogen-bond acceptors (Lipinski definition) is 5. The molecule has 102 valence electrons. The Bertz CT molecular complexity index is 482. The van der Waals surface area contributed by atoms with Gasteiger partial charge in [0.2, 0.25) is 0 Å². The molecule has 0 aliphatic carbocycles. The molecule has 0 radical (unpaired) electrons. The molecule has 1 heterocycles. The SMILES string of the molecule is CCc1ccc(C(NC)C(C)Sc2nncs2)cc1. The van der Waals surface area contributed by atoms with Crippen molar-refractivity contribution in [3.8, 4) is 0 Å². The van der Waals surface area contributed by atoms with E-state index in [9.17, 15) is 0 Å². The Labute approximate surface area is 122 Å². The molecule has 0 saturated carbocycles. The van der Waals surface area contributed by atoms with E-state index >= 15 is 0 Å². The molecule has 2 atom stereocenters. The summed E-state index contributed by atoms with van der Waals surface area (Å²) in [5, 5.41) is 11.8. The summed E-state index contributed by atoms with van der Waals surface area (Å²) in [4.78, 5) is 0. The fraction of sp³-hybridized carbons (Fsp3) is 0.429. The van der Waals surface area contributed by atoms with Gasteiger partial charge in [0.05, 0.1) is 0 Å². The topological polar surface area (TPSA) is 37.8 Å². The van der Waals surface area contributed by atoms with Crippen molar-refractivity contribution in [2.75, 3.05) is 7.05 Å². The zero-order chi connectivity index (χ0) is 13.7. The lowest BCUT2D eigenvalue weighted by Gasteiger charge is -2.22. The van der Waals surface area contributed by atoms with Gasteiger partial charge in [-0.1, -0.05) is 61.2 Å². The second-order valence-electron chi connectivity index (χ2n) is 4.39.